The minimum atomic E-state index is 0.280. The summed E-state index contributed by atoms with van der Waals surface area (Å²) in [5, 5.41) is 3.29. The van der Waals surface area contributed by atoms with E-state index in [9.17, 15) is 0 Å². The molecular formula is C12H22N4. The average molecular weight is 222 g/mol. The summed E-state index contributed by atoms with van der Waals surface area (Å²) in [6, 6.07) is 2.30. The smallest absolute Gasteiger partial charge is 0.129 e. The Balaban J connectivity index is 2.33. The second kappa shape index (κ2) is 7.17. The maximum atomic E-state index is 5.68. The molecule has 0 bridgehead atoms. The van der Waals surface area contributed by atoms with E-state index in [1.165, 1.54) is 0 Å². The second-order valence-corrected chi connectivity index (χ2v) is 4.19. The van der Waals surface area contributed by atoms with Gasteiger partial charge in [-0.25, -0.2) is 9.97 Å². The van der Waals surface area contributed by atoms with Crippen LogP contribution in [-0.4, -0.2) is 22.6 Å². The Hall–Kier alpha value is -1.16. The molecule has 4 heteroatoms. The molecule has 0 fully saturated rings. The van der Waals surface area contributed by atoms with E-state index < -0.39 is 0 Å². The molecule has 1 aromatic heterocycles. The van der Waals surface area contributed by atoms with Crippen LogP contribution in [-0.2, 0) is 6.42 Å². The lowest BCUT2D eigenvalue weighted by atomic mass is 10.2. The third-order valence-electron chi connectivity index (χ3n) is 2.37. The van der Waals surface area contributed by atoms with Crippen LogP contribution in [0.2, 0.25) is 0 Å². The lowest BCUT2D eigenvalue weighted by Crippen LogP contribution is -2.16. The molecule has 0 saturated heterocycles. The van der Waals surface area contributed by atoms with Gasteiger partial charge in [0, 0.05) is 24.3 Å². The van der Waals surface area contributed by atoms with Crippen molar-refractivity contribution < 1.29 is 0 Å². The van der Waals surface area contributed by atoms with Gasteiger partial charge in [-0.2, -0.15) is 0 Å². The molecule has 0 aliphatic carbocycles. The monoisotopic (exact) mass is 222 g/mol. The number of rotatable bonds is 7. The van der Waals surface area contributed by atoms with Crippen molar-refractivity contribution in [3.8, 4) is 0 Å². The van der Waals surface area contributed by atoms with Crippen LogP contribution in [0.5, 0.6) is 0 Å². The first-order chi connectivity index (χ1) is 7.72. The van der Waals surface area contributed by atoms with Crippen LogP contribution in [0, 0.1) is 0 Å². The standard InChI is InChI=1S/C12H22N4/c1-3-5-11-8-12(16-9-15-11)14-7-4-6-10(2)13/h8-10H,3-7,13H2,1-2H3,(H,14,15,16). The summed E-state index contributed by atoms with van der Waals surface area (Å²) in [4.78, 5) is 8.40. The highest BCUT2D eigenvalue weighted by Gasteiger charge is 1.98. The van der Waals surface area contributed by atoms with Gasteiger partial charge in [-0.15, -0.1) is 0 Å². The first kappa shape index (κ1) is 12.9. The van der Waals surface area contributed by atoms with Gasteiger partial charge in [-0.05, 0) is 26.2 Å². The van der Waals surface area contributed by atoms with E-state index in [1.807, 2.05) is 13.0 Å². The first-order valence-corrected chi connectivity index (χ1v) is 6.02. The van der Waals surface area contributed by atoms with Gasteiger partial charge in [0.05, 0.1) is 0 Å². The van der Waals surface area contributed by atoms with Crippen LogP contribution in [0.3, 0.4) is 0 Å². The van der Waals surface area contributed by atoms with Gasteiger partial charge in [-0.3, -0.25) is 0 Å². The zero-order chi connectivity index (χ0) is 11.8. The van der Waals surface area contributed by atoms with Gasteiger partial charge >= 0.3 is 0 Å². The fourth-order valence-electron chi connectivity index (χ4n) is 1.53. The maximum Gasteiger partial charge on any atom is 0.129 e. The molecule has 4 nitrogen and oxygen atoms in total. The van der Waals surface area contributed by atoms with Crippen molar-refractivity contribution in [2.45, 2.75) is 45.6 Å². The van der Waals surface area contributed by atoms with Crippen LogP contribution >= 0.6 is 0 Å². The summed E-state index contributed by atoms with van der Waals surface area (Å²) in [6.45, 7) is 5.10. The highest BCUT2D eigenvalue weighted by atomic mass is 15.0. The van der Waals surface area contributed by atoms with Gasteiger partial charge in [-0.1, -0.05) is 13.3 Å². The van der Waals surface area contributed by atoms with Gasteiger partial charge < -0.3 is 11.1 Å². The molecular weight excluding hydrogens is 200 g/mol. The molecule has 0 spiro atoms. The third-order valence-corrected chi connectivity index (χ3v) is 2.37. The Morgan fingerprint density at radius 2 is 2.25 bits per heavy atom. The van der Waals surface area contributed by atoms with E-state index in [1.54, 1.807) is 6.33 Å². The number of anilines is 1. The highest BCUT2D eigenvalue weighted by molar-refractivity contribution is 5.34. The summed E-state index contributed by atoms with van der Waals surface area (Å²) in [7, 11) is 0. The lowest BCUT2D eigenvalue weighted by Gasteiger charge is -2.07. The van der Waals surface area contributed by atoms with Crippen molar-refractivity contribution in [1.29, 1.82) is 0 Å². The van der Waals surface area contributed by atoms with Crippen LogP contribution in [0.4, 0.5) is 5.82 Å². The van der Waals surface area contributed by atoms with E-state index >= 15 is 0 Å². The molecule has 1 unspecified atom stereocenters. The Labute approximate surface area is 97.7 Å². The Kier molecular flexibility index (Phi) is 5.78. The molecule has 3 N–H and O–H groups in total. The Morgan fingerprint density at radius 1 is 1.44 bits per heavy atom. The van der Waals surface area contributed by atoms with Crippen molar-refractivity contribution in [2.24, 2.45) is 5.73 Å². The van der Waals surface area contributed by atoms with E-state index in [0.29, 0.717) is 0 Å². The zero-order valence-electron chi connectivity index (χ0n) is 10.2. The average Bonchev–Trinajstić information content (AvgIpc) is 2.25. The summed E-state index contributed by atoms with van der Waals surface area (Å²) in [5.74, 6) is 0.920. The molecule has 90 valence electrons. The quantitative estimate of drug-likeness (QED) is 0.692. The molecule has 0 aliphatic heterocycles. The number of hydrogen-bond acceptors (Lipinski definition) is 4. The molecule has 0 aromatic carbocycles. The van der Waals surface area contributed by atoms with Gasteiger partial charge in [0.15, 0.2) is 0 Å². The van der Waals surface area contributed by atoms with Crippen molar-refractivity contribution in [3.05, 3.63) is 18.1 Å². The van der Waals surface area contributed by atoms with Crippen molar-refractivity contribution in [3.63, 3.8) is 0 Å². The van der Waals surface area contributed by atoms with E-state index in [4.69, 9.17) is 5.73 Å². The number of aromatic nitrogens is 2. The molecule has 1 aromatic rings. The number of nitrogens with one attached hydrogen (secondary N) is 1. The van der Waals surface area contributed by atoms with E-state index in [-0.39, 0.29) is 6.04 Å². The number of nitrogens with two attached hydrogens (primary N) is 1. The molecule has 16 heavy (non-hydrogen) atoms. The molecule has 0 aliphatic rings. The number of hydrogen-bond donors (Lipinski definition) is 2. The van der Waals surface area contributed by atoms with Crippen LogP contribution in [0.25, 0.3) is 0 Å². The SMILES string of the molecule is CCCc1cc(NCCCC(C)N)ncn1. The van der Waals surface area contributed by atoms with Crippen molar-refractivity contribution in [1.82, 2.24) is 9.97 Å². The summed E-state index contributed by atoms with van der Waals surface area (Å²) >= 11 is 0. The molecule has 0 amide bonds. The zero-order valence-corrected chi connectivity index (χ0v) is 10.2. The van der Waals surface area contributed by atoms with Crippen LogP contribution in [0.15, 0.2) is 12.4 Å². The predicted molar refractivity (Wildman–Crippen MR) is 67.4 cm³/mol. The highest BCUT2D eigenvalue weighted by Crippen LogP contribution is 2.06. The minimum absolute atomic E-state index is 0.280. The Bertz CT molecular complexity index is 299. The topological polar surface area (TPSA) is 63.8 Å². The van der Waals surface area contributed by atoms with Crippen molar-refractivity contribution in [2.75, 3.05) is 11.9 Å². The van der Waals surface area contributed by atoms with Gasteiger partial charge in [0.25, 0.3) is 0 Å². The van der Waals surface area contributed by atoms with Gasteiger partial charge in [0.2, 0.25) is 0 Å². The van der Waals surface area contributed by atoms with Crippen LogP contribution in [0.1, 0.15) is 38.8 Å². The minimum Gasteiger partial charge on any atom is -0.370 e. The molecule has 1 rings (SSSR count). The largest absolute Gasteiger partial charge is 0.370 e. The summed E-state index contributed by atoms with van der Waals surface area (Å²) in [6.07, 6.45) is 5.86. The lowest BCUT2D eigenvalue weighted by molar-refractivity contribution is 0.638. The van der Waals surface area contributed by atoms with Gasteiger partial charge in [0.1, 0.15) is 12.1 Å². The van der Waals surface area contributed by atoms with E-state index in [0.717, 1.165) is 43.7 Å². The molecule has 0 saturated carbocycles. The Morgan fingerprint density at radius 3 is 2.94 bits per heavy atom. The fourth-order valence-corrected chi connectivity index (χ4v) is 1.53. The van der Waals surface area contributed by atoms with E-state index in [2.05, 4.69) is 22.2 Å². The molecule has 1 atom stereocenters. The fraction of sp³-hybridized carbons (Fsp3) is 0.667. The predicted octanol–water partition coefficient (Wildman–Crippen LogP) is 1.97. The summed E-state index contributed by atoms with van der Waals surface area (Å²) in [5.41, 5.74) is 6.79. The second-order valence-electron chi connectivity index (χ2n) is 4.19. The number of aryl methyl sites for hydroxylation is 1. The molecule has 0 radical (unpaired) electrons. The number of nitrogens with zero attached hydrogens (tertiary/aromatic N) is 2. The summed E-state index contributed by atoms with van der Waals surface area (Å²) < 4.78 is 0. The molecule has 1 heterocycles. The van der Waals surface area contributed by atoms with Crippen molar-refractivity contribution >= 4 is 5.82 Å². The maximum absolute atomic E-state index is 5.68. The third kappa shape index (κ3) is 5.07. The normalized spacial score (nSPS) is 12.4. The van der Waals surface area contributed by atoms with Crippen LogP contribution < -0.4 is 11.1 Å². The first-order valence-electron chi connectivity index (χ1n) is 6.02.